The maximum atomic E-state index is 13.3. The van der Waals surface area contributed by atoms with Crippen LogP contribution in [-0.2, 0) is 19.1 Å². The van der Waals surface area contributed by atoms with Crippen LogP contribution in [0.1, 0.15) is 43.7 Å². The SMILES string of the molecule is CCCC(C)(NC(=O)OCC1c2ccccc2-c2ccccc21)C(=O)N(CCOC)CC(=O)O. The molecule has 1 unspecified atom stereocenters. The Balaban J connectivity index is 1.72. The predicted octanol–water partition coefficient (Wildman–Crippen LogP) is 3.64. The van der Waals surface area contributed by atoms with Crippen LogP contribution in [0.3, 0.4) is 0 Å². The van der Waals surface area contributed by atoms with Gasteiger partial charge < -0.3 is 24.8 Å². The summed E-state index contributed by atoms with van der Waals surface area (Å²) in [6, 6.07) is 16.1. The molecule has 8 heteroatoms. The number of carbonyl (C=O) groups excluding carboxylic acids is 2. The third-order valence-corrected chi connectivity index (χ3v) is 6.12. The number of carboxylic acids is 1. The lowest BCUT2D eigenvalue weighted by molar-refractivity contribution is -0.148. The summed E-state index contributed by atoms with van der Waals surface area (Å²) in [5.41, 5.74) is 3.13. The van der Waals surface area contributed by atoms with E-state index in [1.807, 2.05) is 43.3 Å². The van der Waals surface area contributed by atoms with Crippen molar-refractivity contribution in [3.05, 3.63) is 59.7 Å². The van der Waals surface area contributed by atoms with Crippen LogP contribution in [0, 0.1) is 0 Å². The number of methoxy groups -OCH3 is 1. The van der Waals surface area contributed by atoms with Gasteiger partial charge in [0.25, 0.3) is 0 Å². The van der Waals surface area contributed by atoms with Crippen LogP contribution < -0.4 is 5.32 Å². The van der Waals surface area contributed by atoms with E-state index in [2.05, 4.69) is 17.4 Å². The van der Waals surface area contributed by atoms with Gasteiger partial charge in [-0.3, -0.25) is 9.59 Å². The Bertz CT molecular complexity index is 994. The zero-order valence-corrected chi connectivity index (χ0v) is 19.9. The van der Waals surface area contributed by atoms with Crippen molar-refractivity contribution >= 4 is 18.0 Å². The number of aliphatic carboxylic acids is 1. The zero-order valence-electron chi connectivity index (χ0n) is 19.9. The predicted molar refractivity (Wildman–Crippen MR) is 128 cm³/mol. The number of amides is 2. The van der Waals surface area contributed by atoms with Gasteiger partial charge in [0.1, 0.15) is 18.7 Å². The molecule has 34 heavy (non-hydrogen) atoms. The summed E-state index contributed by atoms with van der Waals surface area (Å²) in [5.74, 6) is -1.72. The second kappa shape index (κ2) is 11.2. The minimum atomic E-state index is -1.31. The van der Waals surface area contributed by atoms with Crippen molar-refractivity contribution in [1.82, 2.24) is 10.2 Å². The molecule has 1 aliphatic rings. The van der Waals surface area contributed by atoms with Crippen molar-refractivity contribution in [2.75, 3.05) is 33.4 Å². The van der Waals surface area contributed by atoms with E-state index in [9.17, 15) is 19.5 Å². The summed E-state index contributed by atoms with van der Waals surface area (Å²) < 4.78 is 10.6. The summed E-state index contributed by atoms with van der Waals surface area (Å²) in [7, 11) is 1.48. The van der Waals surface area contributed by atoms with Crippen LogP contribution in [0.5, 0.6) is 0 Å². The highest BCUT2D eigenvalue weighted by molar-refractivity contribution is 5.91. The Kier molecular flexibility index (Phi) is 8.28. The molecule has 2 N–H and O–H groups in total. The molecule has 0 saturated carbocycles. The van der Waals surface area contributed by atoms with Crippen LogP contribution in [0.25, 0.3) is 11.1 Å². The lowest BCUT2D eigenvalue weighted by Crippen LogP contribution is -2.59. The van der Waals surface area contributed by atoms with Crippen molar-refractivity contribution in [2.45, 2.75) is 38.1 Å². The first kappa shape index (κ1) is 25.2. The van der Waals surface area contributed by atoms with Crippen LogP contribution in [0.4, 0.5) is 4.79 Å². The molecule has 8 nitrogen and oxygen atoms in total. The van der Waals surface area contributed by atoms with Gasteiger partial charge >= 0.3 is 12.1 Å². The number of hydrogen-bond acceptors (Lipinski definition) is 5. The molecule has 182 valence electrons. The minimum Gasteiger partial charge on any atom is -0.480 e. The maximum absolute atomic E-state index is 13.3. The van der Waals surface area contributed by atoms with E-state index in [1.54, 1.807) is 6.92 Å². The van der Waals surface area contributed by atoms with E-state index in [1.165, 1.54) is 12.0 Å². The average molecular weight is 469 g/mol. The normalized spacial score (nSPS) is 14.0. The molecular formula is C26H32N2O6. The fraction of sp³-hybridized carbons (Fsp3) is 0.423. The monoisotopic (exact) mass is 468 g/mol. The summed E-state index contributed by atoms with van der Waals surface area (Å²) in [5, 5.41) is 11.9. The molecule has 0 spiro atoms. The van der Waals surface area contributed by atoms with E-state index < -0.39 is 30.1 Å². The molecule has 2 aromatic rings. The van der Waals surface area contributed by atoms with Crippen molar-refractivity contribution in [3.63, 3.8) is 0 Å². The van der Waals surface area contributed by atoms with Crippen molar-refractivity contribution in [1.29, 1.82) is 0 Å². The molecule has 2 aromatic carbocycles. The molecule has 0 fully saturated rings. The molecule has 0 heterocycles. The topological polar surface area (TPSA) is 105 Å². The molecule has 0 saturated heterocycles. The number of nitrogens with one attached hydrogen (secondary N) is 1. The molecule has 1 aliphatic carbocycles. The Hall–Kier alpha value is -3.39. The lowest BCUT2D eigenvalue weighted by atomic mass is 9.94. The molecule has 0 aromatic heterocycles. The zero-order chi connectivity index (χ0) is 24.7. The first-order valence-electron chi connectivity index (χ1n) is 11.4. The van der Waals surface area contributed by atoms with E-state index in [0.29, 0.717) is 12.8 Å². The van der Waals surface area contributed by atoms with Gasteiger partial charge in [0.05, 0.1) is 6.61 Å². The van der Waals surface area contributed by atoms with Gasteiger partial charge in [-0.15, -0.1) is 0 Å². The van der Waals surface area contributed by atoms with Crippen LogP contribution in [-0.4, -0.2) is 66.9 Å². The highest BCUT2D eigenvalue weighted by Crippen LogP contribution is 2.44. The van der Waals surface area contributed by atoms with Gasteiger partial charge in [0.15, 0.2) is 0 Å². The molecule has 2 amide bonds. The summed E-state index contributed by atoms with van der Waals surface area (Å²) in [6.45, 7) is 3.43. The van der Waals surface area contributed by atoms with Gasteiger partial charge in [0, 0.05) is 19.6 Å². The molecule has 0 bridgehead atoms. The van der Waals surface area contributed by atoms with Gasteiger partial charge in [-0.25, -0.2) is 4.79 Å². The van der Waals surface area contributed by atoms with E-state index in [4.69, 9.17) is 9.47 Å². The fourth-order valence-corrected chi connectivity index (χ4v) is 4.55. The second-order valence-electron chi connectivity index (χ2n) is 8.65. The van der Waals surface area contributed by atoms with Gasteiger partial charge in [-0.1, -0.05) is 61.9 Å². The van der Waals surface area contributed by atoms with Gasteiger partial charge in [0.2, 0.25) is 5.91 Å². The number of fused-ring (bicyclic) bond motifs is 3. The van der Waals surface area contributed by atoms with Crippen molar-refractivity contribution in [2.24, 2.45) is 0 Å². The molecule has 1 atom stereocenters. The van der Waals surface area contributed by atoms with Gasteiger partial charge in [-0.05, 0) is 35.6 Å². The average Bonchev–Trinajstić information content (AvgIpc) is 3.13. The summed E-state index contributed by atoms with van der Waals surface area (Å²) in [6.07, 6.45) is 0.226. The fourth-order valence-electron chi connectivity index (χ4n) is 4.55. The quantitative estimate of drug-likeness (QED) is 0.522. The standard InChI is InChI=1S/C26H32N2O6/c1-4-13-26(2,24(31)28(14-15-33-3)16-23(29)30)27-25(32)34-17-22-20-11-7-5-9-18(20)19-10-6-8-12-21(19)22/h5-12,22H,4,13-17H2,1-3H3,(H,27,32)(H,29,30). The Labute approximate surface area is 199 Å². The highest BCUT2D eigenvalue weighted by atomic mass is 16.5. The van der Waals surface area contributed by atoms with Crippen LogP contribution in [0.15, 0.2) is 48.5 Å². The van der Waals surface area contributed by atoms with E-state index >= 15 is 0 Å². The first-order valence-corrected chi connectivity index (χ1v) is 11.4. The third kappa shape index (κ3) is 5.56. The highest BCUT2D eigenvalue weighted by Gasteiger charge is 2.39. The van der Waals surface area contributed by atoms with E-state index in [0.717, 1.165) is 22.3 Å². The summed E-state index contributed by atoms with van der Waals surface area (Å²) >= 11 is 0. The molecule has 3 rings (SSSR count). The number of hydrogen-bond donors (Lipinski definition) is 2. The van der Waals surface area contributed by atoms with E-state index in [-0.39, 0.29) is 25.7 Å². The second-order valence-corrected chi connectivity index (χ2v) is 8.65. The first-order chi connectivity index (χ1) is 16.3. The summed E-state index contributed by atoms with van der Waals surface area (Å²) in [4.78, 5) is 38.6. The molecular weight excluding hydrogens is 436 g/mol. The minimum absolute atomic E-state index is 0.100. The Morgan fingerprint density at radius 1 is 1.06 bits per heavy atom. The van der Waals surface area contributed by atoms with Gasteiger partial charge in [-0.2, -0.15) is 0 Å². The number of benzene rings is 2. The largest absolute Gasteiger partial charge is 0.480 e. The molecule has 0 radical (unpaired) electrons. The number of alkyl carbamates (subject to hydrolysis) is 1. The van der Waals surface area contributed by atoms with Crippen molar-refractivity contribution < 1.29 is 29.0 Å². The Morgan fingerprint density at radius 2 is 1.65 bits per heavy atom. The number of carboxylic acid groups (broad SMARTS) is 1. The smallest absolute Gasteiger partial charge is 0.408 e. The van der Waals surface area contributed by atoms with Crippen molar-refractivity contribution in [3.8, 4) is 11.1 Å². The number of ether oxygens (including phenoxy) is 2. The van der Waals surface area contributed by atoms with Crippen LogP contribution in [0.2, 0.25) is 0 Å². The number of rotatable bonds is 11. The van der Waals surface area contributed by atoms with Crippen LogP contribution >= 0.6 is 0 Å². The third-order valence-electron chi connectivity index (χ3n) is 6.12. The number of nitrogens with zero attached hydrogens (tertiary/aromatic N) is 1. The number of carbonyl (C=O) groups is 3. The Morgan fingerprint density at radius 3 is 2.18 bits per heavy atom. The maximum Gasteiger partial charge on any atom is 0.408 e. The molecule has 0 aliphatic heterocycles. The lowest BCUT2D eigenvalue weighted by Gasteiger charge is -2.34.